The van der Waals surface area contributed by atoms with Gasteiger partial charge in [-0.3, -0.25) is 0 Å². The van der Waals surface area contributed by atoms with Crippen molar-refractivity contribution in [3.63, 3.8) is 0 Å². The molecule has 0 aliphatic carbocycles. The van der Waals surface area contributed by atoms with Crippen molar-refractivity contribution in [1.82, 2.24) is 9.97 Å². The lowest BCUT2D eigenvalue weighted by molar-refractivity contribution is 0.0690. The first-order valence-corrected chi connectivity index (χ1v) is 8.57. The van der Waals surface area contributed by atoms with E-state index in [0.29, 0.717) is 12.4 Å². The van der Waals surface area contributed by atoms with Gasteiger partial charge in [0.1, 0.15) is 5.82 Å². The number of aromatic carboxylic acids is 1. The molecule has 0 spiro atoms. The predicted octanol–water partition coefficient (Wildman–Crippen LogP) is 2.89. The van der Waals surface area contributed by atoms with E-state index in [4.69, 9.17) is 5.11 Å². The zero-order valence-corrected chi connectivity index (χ0v) is 14.6. The second-order valence-electron chi connectivity index (χ2n) is 5.91. The number of rotatable bonds is 4. The summed E-state index contributed by atoms with van der Waals surface area (Å²) in [6, 6.07) is 7.70. The highest BCUT2D eigenvalue weighted by Crippen LogP contribution is 2.31. The van der Waals surface area contributed by atoms with Crippen LogP contribution in [0, 0.1) is 5.92 Å². The first-order chi connectivity index (χ1) is 11.5. The molecule has 1 saturated heterocycles. The second kappa shape index (κ2) is 7.27. The molecule has 1 aromatic heterocycles. The average molecular weight is 392 g/mol. The van der Waals surface area contributed by atoms with Gasteiger partial charge in [-0.25, -0.2) is 14.8 Å². The standard InChI is InChI=1S/C17H18BrN3O3/c18-13-5-3-11(4-6-13)16(22)12-2-1-7-21(10-12)15-9-19-14(8-20-15)17(23)24/h3-6,8-9,12,16,22H,1-2,7,10H2,(H,23,24). The normalized spacial score (nSPS) is 19.1. The van der Waals surface area contributed by atoms with Gasteiger partial charge < -0.3 is 15.1 Å². The molecule has 3 rings (SSSR count). The van der Waals surface area contributed by atoms with Crippen LogP contribution < -0.4 is 4.90 Å². The topological polar surface area (TPSA) is 86.5 Å². The molecule has 0 saturated carbocycles. The molecule has 126 valence electrons. The van der Waals surface area contributed by atoms with Crippen molar-refractivity contribution in [3.05, 3.63) is 52.4 Å². The van der Waals surface area contributed by atoms with Crippen molar-refractivity contribution < 1.29 is 15.0 Å². The Bertz CT molecular complexity index is 706. The van der Waals surface area contributed by atoms with Crippen molar-refractivity contribution in [3.8, 4) is 0 Å². The zero-order chi connectivity index (χ0) is 17.1. The third-order valence-electron chi connectivity index (χ3n) is 4.30. The number of anilines is 1. The Morgan fingerprint density at radius 1 is 1.25 bits per heavy atom. The molecule has 2 N–H and O–H groups in total. The molecule has 2 heterocycles. The number of aromatic nitrogens is 2. The first kappa shape index (κ1) is 16.9. The van der Waals surface area contributed by atoms with E-state index in [0.717, 1.165) is 29.4 Å². The molecule has 2 aromatic rings. The van der Waals surface area contributed by atoms with Crippen LogP contribution in [0.3, 0.4) is 0 Å². The fourth-order valence-electron chi connectivity index (χ4n) is 3.00. The lowest BCUT2D eigenvalue weighted by atomic mass is 9.88. The van der Waals surface area contributed by atoms with E-state index in [9.17, 15) is 9.90 Å². The fourth-order valence-corrected chi connectivity index (χ4v) is 3.27. The largest absolute Gasteiger partial charge is 0.476 e. The van der Waals surface area contributed by atoms with Crippen LogP contribution >= 0.6 is 15.9 Å². The monoisotopic (exact) mass is 391 g/mol. The van der Waals surface area contributed by atoms with E-state index in [1.54, 1.807) is 0 Å². The van der Waals surface area contributed by atoms with E-state index in [2.05, 4.69) is 30.8 Å². The molecule has 7 heteroatoms. The first-order valence-electron chi connectivity index (χ1n) is 7.78. The molecule has 0 amide bonds. The number of carboxylic acids is 1. The molecule has 1 aromatic carbocycles. The van der Waals surface area contributed by atoms with Gasteiger partial charge in [0.05, 0.1) is 18.5 Å². The summed E-state index contributed by atoms with van der Waals surface area (Å²) in [6.07, 6.45) is 4.10. The van der Waals surface area contributed by atoms with E-state index in [-0.39, 0.29) is 11.6 Å². The van der Waals surface area contributed by atoms with Gasteiger partial charge in [-0.1, -0.05) is 28.1 Å². The van der Waals surface area contributed by atoms with Gasteiger partial charge in [-0.05, 0) is 30.5 Å². The van der Waals surface area contributed by atoms with Gasteiger partial charge in [-0.2, -0.15) is 0 Å². The number of benzene rings is 1. The van der Waals surface area contributed by atoms with Gasteiger partial charge in [0.15, 0.2) is 5.69 Å². The second-order valence-corrected chi connectivity index (χ2v) is 6.83. The maximum absolute atomic E-state index is 10.9. The number of hydrogen-bond donors (Lipinski definition) is 2. The van der Waals surface area contributed by atoms with Crippen LogP contribution in [-0.2, 0) is 0 Å². The quantitative estimate of drug-likeness (QED) is 0.832. The SMILES string of the molecule is O=C(O)c1cnc(N2CCCC(C(O)c3ccc(Br)cc3)C2)cn1. The van der Waals surface area contributed by atoms with E-state index in [1.165, 1.54) is 12.4 Å². The lowest BCUT2D eigenvalue weighted by Gasteiger charge is -2.35. The van der Waals surface area contributed by atoms with Gasteiger partial charge in [0.2, 0.25) is 0 Å². The number of hydrogen-bond acceptors (Lipinski definition) is 5. The van der Waals surface area contributed by atoms with Gasteiger partial charge >= 0.3 is 5.97 Å². The molecular formula is C17H18BrN3O3. The summed E-state index contributed by atoms with van der Waals surface area (Å²) in [5.74, 6) is -0.343. The summed E-state index contributed by atoms with van der Waals surface area (Å²) in [7, 11) is 0. The Balaban J connectivity index is 1.71. The Hall–Kier alpha value is -1.99. The Morgan fingerprint density at radius 2 is 2.00 bits per heavy atom. The van der Waals surface area contributed by atoms with Gasteiger partial charge in [0.25, 0.3) is 0 Å². The minimum atomic E-state index is -1.09. The summed E-state index contributed by atoms with van der Waals surface area (Å²) in [4.78, 5) is 21.0. The highest BCUT2D eigenvalue weighted by Gasteiger charge is 2.28. The van der Waals surface area contributed by atoms with Crippen LogP contribution in [0.1, 0.15) is 35.0 Å². The molecular weight excluding hydrogens is 374 g/mol. The molecule has 0 bridgehead atoms. The number of carbonyl (C=O) groups is 1. The zero-order valence-electron chi connectivity index (χ0n) is 13.0. The highest BCUT2D eigenvalue weighted by atomic mass is 79.9. The van der Waals surface area contributed by atoms with Crippen LogP contribution in [0.2, 0.25) is 0 Å². The van der Waals surface area contributed by atoms with Gasteiger partial charge in [0, 0.05) is 23.5 Å². The summed E-state index contributed by atoms with van der Waals surface area (Å²) in [5, 5.41) is 19.6. The number of nitrogens with zero attached hydrogens (tertiary/aromatic N) is 3. The molecule has 2 atom stereocenters. The van der Waals surface area contributed by atoms with Crippen LogP contribution in [-0.4, -0.2) is 39.2 Å². The fraction of sp³-hybridized carbons (Fsp3) is 0.353. The Kier molecular flexibility index (Phi) is 5.11. The van der Waals surface area contributed by atoms with Crippen molar-refractivity contribution in [2.45, 2.75) is 18.9 Å². The summed E-state index contributed by atoms with van der Waals surface area (Å²) < 4.78 is 0.984. The molecule has 1 aliphatic heterocycles. The van der Waals surface area contributed by atoms with Crippen molar-refractivity contribution in [1.29, 1.82) is 0 Å². The van der Waals surface area contributed by atoms with Crippen LogP contribution in [0.25, 0.3) is 0 Å². The molecule has 1 fully saturated rings. The number of aliphatic hydroxyl groups is 1. The third kappa shape index (κ3) is 3.73. The van der Waals surface area contributed by atoms with Crippen molar-refractivity contribution in [2.75, 3.05) is 18.0 Å². The van der Waals surface area contributed by atoms with Crippen LogP contribution in [0.5, 0.6) is 0 Å². The number of halogens is 1. The lowest BCUT2D eigenvalue weighted by Crippen LogP contribution is -2.38. The highest BCUT2D eigenvalue weighted by molar-refractivity contribution is 9.10. The molecule has 6 nitrogen and oxygen atoms in total. The maximum Gasteiger partial charge on any atom is 0.356 e. The van der Waals surface area contributed by atoms with Crippen molar-refractivity contribution >= 4 is 27.7 Å². The molecule has 1 aliphatic rings. The predicted molar refractivity (Wildman–Crippen MR) is 93.0 cm³/mol. The molecule has 2 unspecified atom stereocenters. The number of aliphatic hydroxyl groups excluding tert-OH is 1. The van der Waals surface area contributed by atoms with E-state index < -0.39 is 12.1 Å². The smallest absolute Gasteiger partial charge is 0.356 e. The van der Waals surface area contributed by atoms with Gasteiger partial charge in [-0.15, -0.1) is 0 Å². The molecule has 24 heavy (non-hydrogen) atoms. The number of piperidine rings is 1. The minimum Gasteiger partial charge on any atom is -0.476 e. The summed E-state index contributed by atoms with van der Waals surface area (Å²) in [6.45, 7) is 1.49. The summed E-state index contributed by atoms with van der Waals surface area (Å²) >= 11 is 3.40. The molecule has 0 radical (unpaired) electrons. The van der Waals surface area contributed by atoms with Crippen LogP contribution in [0.4, 0.5) is 5.82 Å². The summed E-state index contributed by atoms with van der Waals surface area (Å²) in [5.41, 5.74) is 0.833. The number of carboxylic acid groups (broad SMARTS) is 1. The average Bonchev–Trinajstić information content (AvgIpc) is 2.62. The third-order valence-corrected chi connectivity index (χ3v) is 4.83. The van der Waals surface area contributed by atoms with Crippen LogP contribution in [0.15, 0.2) is 41.1 Å². The van der Waals surface area contributed by atoms with Crippen molar-refractivity contribution in [2.24, 2.45) is 5.92 Å². The Morgan fingerprint density at radius 3 is 2.62 bits per heavy atom. The Labute approximate surface area is 148 Å². The van der Waals surface area contributed by atoms with E-state index in [1.807, 2.05) is 24.3 Å². The minimum absolute atomic E-state index is 0.0674. The maximum atomic E-state index is 10.9. The van der Waals surface area contributed by atoms with E-state index >= 15 is 0 Å².